The van der Waals surface area contributed by atoms with Crippen molar-refractivity contribution in [1.82, 2.24) is 5.43 Å². The van der Waals surface area contributed by atoms with E-state index in [0.29, 0.717) is 10.6 Å². The van der Waals surface area contributed by atoms with Gasteiger partial charge in [0.25, 0.3) is 5.91 Å². The van der Waals surface area contributed by atoms with Crippen LogP contribution in [-0.2, 0) is 6.42 Å². The maximum atomic E-state index is 11.7. The standard InChI is InChI=1S/C14H13ClN2OS/c1-2-12-7-8-13(19-12)9-16-17-14(18)10-3-5-11(15)6-4-10/h3-9H,2H2,1H3,(H,17,18). The maximum absolute atomic E-state index is 11.7. The van der Waals surface area contributed by atoms with E-state index in [0.717, 1.165) is 11.3 Å². The molecule has 0 spiro atoms. The fourth-order valence-corrected chi connectivity index (χ4v) is 2.42. The fraction of sp³-hybridized carbons (Fsp3) is 0.143. The molecule has 0 saturated carbocycles. The number of carbonyl (C=O) groups excluding carboxylic acids is 1. The van der Waals surface area contributed by atoms with Crippen molar-refractivity contribution in [2.24, 2.45) is 5.10 Å². The lowest BCUT2D eigenvalue weighted by atomic mass is 10.2. The molecule has 0 saturated heterocycles. The molecule has 1 aromatic carbocycles. The van der Waals surface area contributed by atoms with Gasteiger partial charge in [-0.2, -0.15) is 5.10 Å². The molecule has 0 radical (unpaired) electrons. The highest BCUT2D eigenvalue weighted by molar-refractivity contribution is 7.13. The van der Waals surface area contributed by atoms with Gasteiger partial charge in [0.2, 0.25) is 0 Å². The van der Waals surface area contributed by atoms with Gasteiger partial charge in [-0.15, -0.1) is 11.3 Å². The molecule has 19 heavy (non-hydrogen) atoms. The average molecular weight is 293 g/mol. The van der Waals surface area contributed by atoms with E-state index < -0.39 is 0 Å². The first kappa shape index (κ1) is 13.8. The SMILES string of the molecule is CCc1ccc(C=NNC(=O)c2ccc(Cl)cc2)s1. The number of nitrogens with zero attached hydrogens (tertiary/aromatic N) is 1. The van der Waals surface area contributed by atoms with Gasteiger partial charge >= 0.3 is 0 Å². The van der Waals surface area contributed by atoms with E-state index in [1.165, 1.54) is 4.88 Å². The number of carbonyl (C=O) groups is 1. The second kappa shape index (κ2) is 6.50. The van der Waals surface area contributed by atoms with Crippen LogP contribution < -0.4 is 5.43 Å². The Labute approximate surface area is 120 Å². The van der Waals surface area contributed by atoms with Crippen LogP contribution in [0.1, 0.15) is 27.0 Å². The highest BCUT2D eigenvalue weighted by Gasteiger charge is 2.03. The Morgan fingerprint density at radius 1 is 1.32 bits per heavy atom. The molecular formula is C14H13ClN2OS. The fourth-order valence-electron chi connectivity index (χ4n) is 1.47. The normalized spacial score (nSPS) is 10.8. The van der Waals surface area contributed by atoms with Crippen molar-refractivity contribution in [3.05, 3.63) is 56.7 Å². The summed E-state index contributed by atoms with van der Waals surface area (Å²) in [5.74, 6) is -0.250. The number of aryl methyl sites for hydroxylation is 1. The third-order valence-corrected chi connectivity index (χ3v) is 3.91. The molecule has 0 aliphatic carbocycles. The molecule has 98 valence electrons. The number of rotatable bonds is 4. The second-order valence-corrected chi connectivity index (χ2v) is 5.50. The van der Waals surface area contributed by atoms with Crippen molar-refractivity contribution in [2.75, 3.05) is 0 Å². The van der Waals surface area contributed by atoms with E-state index >= 15 is 0 Å². The van der Waals surface area contributed by atoms with Crippen LogP contribution >= 0.6 is 22.9 Å². The maximum Gasteiger partial charge on any atom is 0.271 e. The van der Waals surface area contributed by atoms with Crippen LogP contribution in [-0.4, -0.2) is 12.1 Å². The Hall–Kier alpha value is -1.65. The summed E-state index contributed by atoms with van der Waals surface area (Å²) in [5, 5.41) is 4.54. The van der Waals surface area contributed by atoms with Gasteiger partial charge < -0.3 is 0 Å². The Bertz CT molecular complexity index is 590. The summed E-state index contributed by atoms with van der Waals surface area (Å²) in [6, 6.07) is 10.7. The predicted molar refractivity (Wildman–Crippen MR) is 80.2 cm³/mol. The van der Waals surface area contributed by atoms with Crippen molar-refractivity contribution in [3.8, 4) is 0 Å². The molecular weight excluding hydrogens is 280 g/mol. The summed E-state index contributed by atoms with van der Waals surface area (Å²) in [7, 11) is 0. The van der Waals surface area contributed by atoms with E-state index in [9.17, 15) is 4.79 Å². The molecule has 1 heterocycles. The third kappa shape index (κ3) is 3.91. The minimum absolute atomic E-state index is 0.250. The number of benzene rings is 1. The van der Waals surface area contributed by atoms with Crippen molar-refractivity contribution in [2.45, 2.75) is 13.3 Å². The monoisotopic (exact) mass is 292 g/mol. The zero-order valence-electron chi connectivity index (χ0n) is 10.4. The van der Waals surface area contributed by atoms with Crippen LogP contribution in [0.3, 0.4) is 0 Å². The van der Waals surface area contributed by atoms with Gasteiger partial charge in [0.05, 0.1) is 6.21 Å². The van der Waals surface area contributed by atoms with Gasteiger partial charge in [0.15, 0.2) is 0 Å². The first-order valence-corrected chi connectivity index (χ1v) is 7.06. The van der Waals surface area contributed by atoms with Crippen molar-refractivity contribution >= 4 is 35.1 Å². The molecule has 0 fully saturated rings. The van der Waals surface area contributed by atoms with Crippen LogP contribution in [0.2, 0.25) is 5.02 Å². The molecule has 0 aliphatic rings. The Morgan fingerprint density at radius 2 is 2.05 bits per heavy atom. The highest BCUT2D eigenvalue weighted by atomic mass is 35.5. The lowest BCUT2D eigenvalue weighted by molar-refractivity contribution is 0.0955. The smallest absolute Gasteiger partial charge is 0.267 e. The van der Waals surface area contributed by atoms with E-state index in [1.54, 1.807) is 41.8 Å². The molecule has 1 N–H and O–H groups in total. The Balaban J connectivity index is 1.94. The second-order valence-electron chi connectivity index (χ2n) is 3.86. The van der Waals surface area contributed by atoms with Crippen LogP contribution in [0, 0.1) is 0 Å². The van der Waals surface area contributed by atoms with Crippen LogP contribution in [0.5, 0.6) is 0 Å². The average Bonchev–Trinajstić information content (AvgIpc) is 2.87. The minimum Gasteiger partial charge on any atom is -0.267 e. The van der Waals surface area contributed by atoms with Gasteiger partial charge in [0, 0.05) is 20.3 Å². The highest BCUT2D eigenvalue weighted by Crippen LogP contribution is 2.14. The summed E-state index contributed by atoms with van der Waals surface area (Å²) in [4.78, 5) is 14.1. The summed E-state index contributed by atoms with van der Waals surface area (Å²) in [6.07, 6.45) is 2.66. The van der Waals surface area contributed by atoms with Gasteiger partial charge in [-0.1, -0.05) is 18.5 Å². The number of hydrogen-bond acceptors (Lipinski definition) is 3. The number of hydrazone groups is 1. The molecule has 3 nitrogen and oxygen atoms in total. The van der Waals surface area contributed by atoms with E-state index in [-0.39, 0.29) is 5.91 Å². The Morgan fingerprint density at radius 3 is 2.68 bits per heavy atom. The lowest BCUT2D eigenvalue weighted by Crippen LogP contribution is -2.17. The summed E-state index contributed by atoms with van der Waals surface area (Å²) in [6.45, 7) is 2.11. The molecule has 2 aromatic rings. The van der Waals surface area contributed by atoms with Crippen molar-refractivity contribution in [1.29, 1.82) is 0 Å². The van der Waals surface area contributed by atoms with Gasteiger partial charge in [0.1, 0.15) is 0 Å². The van der Waals surface area contributed by atoms with E-state index in [2.05, 4.69) is 23.5 Å². The van der Waals surface area contributed by atoms with Gasteiger partial charge in [-0.25, -0.2) is 5.43 Å². The molecule has 5 heteroatoms. The molecule has 0 aliphatic heterocycles. The van der Waals surface area contributed by atoms with Gasteiger partial charge in [-0.05, 0) is 42.8 Å². The summed E-state index contributed by atoms with van der Waals surface area (Å²) in [5.41, 5.74) is 3.02. The Kier molecular flexibility index (Phi) is 4.71. The van der Waals surface area contributed by atoms with E-state index in [1.807, 2.05) is 6.07 Å². The van der Waals surface area contributed by atoms with Crippen LogP contribution in [0.4, 0.5) is 0 Å². The largest absolute Gasteiger partial charge is 0.271 e. The van der Waals surface area contributed by atoms with Crippen LogP contribution in [0.15, 0.2) is 41.5 Å². The predicted octanol–water partition coefficient (Wildman–Crippen LogP) is 3.73. The number of hydrogen-bond donors (Lipinski definition) is 1. The minimum atomic E-state index is -0.250. The van der Waals surface area contributed by atoms with Crippen molar-refractivity contribution in [3.63, 3.8) is 0 Å². The molecule has 0 bridgehead atoms. The third-order valence-electron chi connectivity index (χ3n) is 2.50. The number of halogens is 1. The van der Waals surface area contributed by atoms with Gasteiger partial charge in [-0.3, -0.25) is 4.79 Å². The first-order valence-electron chi connectivity index (χ1n) is 5.86. The van der Waals surface area contributed by atoms with Crippen molar-refractivity contribution < 1.29 is 4.79 Å². The number of nitrogens with one attached hydrogen (secondary N) is 1. The zero-order valence-corrected chi connectivity index (χ0v) is 12.0. The first-order chi connectivity index (χ1) is 9.19. The summed E-state index contributed by atoms with van der Waals surface area (Å²) >= 11 is 7.42. The number of amides is 1. The summed E-state index contributed by atoms with van der Waals surface area (Å²) < 4.78 is 0. The molecule has 1 aromatic heterocycles. The quantitative estimate of drug-likeness (QED) is 0.677. The lowest BCUT2D eigenvalue weighted by Gasteiger charge is -1.99. The molecule has 0 unspecified atom stereocenters. The molecule has 0 atom stereocenters. The number of thiophene rings is 1. The molecule has 1 amide bonds. The molecule has 2 rings (SSSR count). The van der Waals surface area contributed by atoms with E-state index in [4.69, 9.17) is 11.6 Å². The zero-order chi connectivity index (χ0) is 13.7. The topological polar surface area (TPSA) is 41.5 Å². The van der Waals surface area contributed by atoms with Crippen LogP contribution in [0.25, 0.3) is 0 Å².